The van der Waals surface area contributed by atoms with Gasteiger partial charge in [-0.05, 0) is 46.9 Å². The van der Waals surface area contributed by atoms with Crippen LogP contribution >= 0.6 is 22.6 Å². The number of carbonyl (C=O) groups excluding carboxylic acids is 1. The van der Waals surface area contributed by atoms with Crippen molar-refractivity contribution in [3.05, 3.63) is 51.2 Å². The molecule has 0 atom stereocenters. The largest absolute Gasteiger partial charge is 0.489 e. The Morgan fingerprint density at radius 3 is 2.81 bits per heavy atom. The van der Waals surface area contributed by atoms with E-state index in [1.807, 2.05) is 6.07 Å². The third kappa shape index (κ3) is 3.84. The predicted octanol–water partition coefficient (Wildman–Crippen LogP) is 3.06. The molecule has 2 rings (SSSR count). The Morgan fingerprint density at radius 1 is 1.29 bits per heavy atom. The van der Waals surface area contributed by atoms with Crippen LogP contribution in [-0.2, 0) is 11.3 Å². The highest BCUT2D eigenvalue weighted by Gasteiger charge is 2.11. The summed E-state index contributed by atoms with van der Waals surface area (Å²) in [6, 6.07) is 8.72. The van der Waals surface area contributed by atoms with Gasteiger partial charge in [0.25, 0.3) is 0 Å². The lowest BCUT2D eigenvalue weighted by Crippen LogP contribution is -2.04. The fraction of sp³-hybridized carbons (Fsp3) is 0.200. The van der Waals surface area contributed by atoms with Crippen molar-refractivity contribution in [1.29, 1.82) is 0 Å². The standard InChI is InChI=1S/C15H14INO4/c1-19-14-12(13(16)6-7-17-14)9-21-11-5-3-4-10(8-11)15(18)20-2/h3-8H,9H2,1-2H3. The van der Waals surface area contributed by atoms with Gasteiger partial charge in [-0.3, -0.25) is 0 Å². The molecule has 0 aliphatic carbocycles. The normalized spacial score (nSPS) is 10.0. The van der Waals surface area contributed by atoms with Gasteiger partial charge in [0.1, 0.15) is 12.4 Å². The molecule has 0 unspecified atom stereocenters. The maximum atomic E-state index is 11.5. The Labute approximate surface area is 136 Å². The summed E-state index contributed by atoms with van der Waals surface area (Å²) in [5.41, 5.74) is 1.31. The first-order chi connectivity index (χ1) is 10.2. The molecule has 5 nitrogen and oxygen atoms in total. The molecule has 1 heterocycles. The van der Waals surface area contributed by atoms with Crippen LogP contribution in [0.3, 0.4) is 0 Å². The Bertz CT molecular complexity index is 645. The molecule has 0 aliphatic rings. The zero-order valence-corrected chi connectivity index (χ0v) is 13.8. The average Bonchev–Trinajstić information content (AvgIpc) is 2.53. The van der Waals surface area contributed by atoms with E-state index in [0.29, 0.717) is 23.8 Å². The van der Waals surface area contributed by atoms with E-state index in [1.165, 1.54) is 7.11 Å². The van der Waals surface area contributed by atoms with Gasteiger partial charge in [0.05, 0.1) is 25.3 Å². The highest BCUT2D eigenvalue weighted by atomic mass is 127. The second-order valence-electron chi connectivity index (χ2n) is 4.09. The lowest BCUT2D eigenvalue weighted by Gasteiger charge is -2.11. The van der Waals surface area contributed by atoms with Gasteiger partial charge in [0, 0.05) is 9.77 Å². The predicted molar refractivity (Wildman–Crippen MR) is 85.6 cm³/mol. The van der Waals surface area contributed by atoms with Crippen molar-refractivity contribution in [2.75, 3.05) is 14.2 Å². The van der Waals surface area contributed by atoms with Crippen molar-refractivity contribution in [1.82, 2.24) is 4.98 Å². The summed E-state index contributed by atoms with van der Waals surface area (Å²) in [5.74, 6) is 0.722. The van der Waals surface area contributed by atoms with Gasteiger partial charge >= 0.3 is 5.97 Å². The molecular weight excluding hydrogens is 385 g/mol. The lowest BCUT2D eigenvalue weighted by molar-refractivity contribution is 0.0600. The number of nitrogens with zero attached hydrogens (tertiary/aromatic N) is 1. The molecule has 0 radical (unpaired) electrons. The van der Waals surface area contributed by atoms with E-state index in [1.54, 1.807) is 37.6 Å². The van der Waals surface area contributed by atoms with Crippen molar-refractivity contribution in [2.45, 2.75) is 6.61 Å². The van der Waals surface area contributed by atoms with Crippen molar-refractivity contribution >= 4 is 28.6 Å². The molecule has 0 bridgehead atoms. The summed E-state index contributed by atoms with van der Waals surface area (Å²) in [4.78, 5) is 15.6. The Balaban J connectivity index is 2.15. The number of carbonyl (C=O) groups is 1. The fourth-order valence-corrected chi connectivity index (χ4v) is 2.29. The van der Waals surface area contributed by atoms with Crippen LogP contribution in [0.1, 0.15) is 15.9 Å². The molecule has 0 amide bonds. The van der Waals surface area contributed by atoms with E-state index in [2.05, 4.69) is 32.3 Å². The molecule has 0 saturated carbocycles. The molecule has 0 fully saturated rings. The van der Waals surface area contributed by atoms with E-state index in [-0.39, 0.29) is 0 Å². The maximum absolute atomic E-state index is 11.5. The van der Waals surface area contributed by atoms with Crippen LogP contribution in [0.2, 0.25) is 0 Å². The quantitative estimate of drug-likeness (QED) is 0.572. The number of halogens is 1. The van der Waals surface area contributed by atoms with E-state index in [0.717, 1.165) is 9.13 Å². The van der Waals surface area contributed by atoms with Crippen LogP contribution < -0.4 is 9.47 Å². The smallest absolute Gasteiger partial charge is 0.337 e. The maximum Gasteiger partial charge on any atom is 0.337 e. The second kappa shape index (κ2) is 7.26. The summed E-state index contributed by atoms with van der Waals surface area (Å²) in [7, 11) is 2.92. The molecule has 0 N–H and O–H groups in total. The van der Waals surface area contributed by atoms with Gasteiger partial charge < -0.3 is 14.2 Å². The minimum absolute atomic E-state index is 0.305. The highest BCUT2D eigenvalue weighted by Crippen LogP contribution is 2.23. The van der Waals surface area contributed by atoms with E-state index < -0.39 is 5.97 Å². The van der Waals surface area contributed by atoms with Gasteiger partial charge in [0.15, 0.2) is 0 Å². The minimum atomic E-state index is -0.394. The number of methoxy groups -OCH3 is 2. The number of ether oxygens (including phenoxy) is 3. The van der Waals surface area contributed by atoms with Crippen LogP contribution in [0, 0.1) is 3.57 Å². The summed E-state index contributed by atoms with van der Waals surface area (Å²) >= 11 is 2.20. The molecule has 1 aromatic carbocycles. The van der Waals surface area contributed by atoms with Crippen LogP contribution in [0.15, 0.2) is 36.5 Å². The SMILES string of the molecule is COC(=O)c1cccc(OCc2c(I)ccnc2OC)c1. The monoisotopic (exact) mass is 399 g/mol. The number of rotatable bonds is 5. The molecule has 6 heteroatoms. The van der Waals surface area contributed by atoms with Crippen molar-refractivity contribution in [3.8, 4) is 11.6 Å². The molecule has 2 aromatic rings. The number of benzene rings is 1. The second-order valence-corrected chi connectivity index (χ2v) is 5.25. The minimum Gasteiger partial charge on any atom is -0.489 e. The first kappa shape index (κ1) is 15.6. The number of hydrogen-bond acceptors (Lipinski definition) is 5. The van der Waals surface area contributed by atoms with E-state index >= 15 is 0 Å². The topological polar surface area (TPSA) is 57.7 Å². The molecule has 0 saturated heterocycles. The van der Waals surface area contributed by atoms with Gasteiger partial charge in [-0.1, -0.05) is 6.07 Å². The van der Waals surface area contributed by atoms with Crippen LogP contribution in [0.4, 0.5) is 0 Å². The average molecular weight is 399 g/mol. The molecular formula is C15H14INO4. The third-order valence-corrected chi connectivity index (χ3v) is 3.80. The molecule has 1 aromatic heterocycles. The van der Waals surface area contributed by atoms with Gasteiger partial charge in [0.2, 0.25) is 5.88 Å². The number of hydrogen-bond donors (Lipinski definition) is 0. The Hall–Kier alpha value is -1.83. The summed E-state index contributed by atoms with van der Waals surface area (Å²) in [5, 5.41) is 0. The van der Waals surface area contributed by atoms with Gasteiger partial charge in [-0.25, -0.2) is 9.78 Å². The molecule has 21 heavy (non-hydrogen) atoms. The zero-order chi connectivity index (χ0) is 15.2. The molecule has 110 valence electrons. The Morgan fingerprint density at radius 2 is 2.10 bits per heavy atom. The van der Waals surface area contributed by atoms with Crippen molar-refractivity contribution in [3.63, 3.8) is 0 Å². The van der Waals surface area contributed by atoms with Crippen molar-refractivity contribution < 1.29 is 19.0 Å². The van der Waals surface area contributed by atoms with Gasteiger partial charge in [-0.15, -0.1) is 0 Å². The Kier molecular flexibility index (Phi) is 5.38. The van der Waals surface area contributed by atoms with Crippen LogP contribution in [0.25, 0.3) is 0 Å². The fourth-order valence-electron chi connectivity index (χ4n) is 1.74. The van der Waals surface area contributed by atoms with Crippen LogP contribution in [-0.4, -0.2) is 25.2 Å². The number of aromatic nitrogens is 1. The van der Waals surface area contributed by atoms with Crippen LogP contribution in [0.5, 0.6) is 11.6 Å². The first-order valence-corrected chi connectivity index (χ1v) is 7.22. The van der Waals surface area contributed by atoms with E-state index in [4.69, 9.17) is 9.47 Å². The summed E-state index contributed by atoms with van der Waals surface area (Å²) < 4.78 is 16.6. The molecule has 0 aliphatic heterocycles. The first-order valence-electron chi connectivity index (χ1n) is 6.14. The summed E-state index contributed by atoms with van der Waals surface area (Å²) in [6.07, 6.45) is 1.68. The van der Waals surface area contributed by atoms with E-state index in [9.17, 15) is 4.79 Å². The summed E-state index contributed by atoms with van der Waals surface area (Å²) in [6.45, 7) is 0.305. The molecule has 0 spiro atoms. The lowest BCUT2D eigenvalue weighted by atomic mass is 10.2. The number of pyridine rings is 1. The highest BCUT2D eigenvalue weighted by molar-refractivity contribution is 14.1. The number of esters is 1. The zero-order valence-electron chi connectivity index (χ0n) is 11.6. The van der Waals surface area contributed by atoms with Gasteiger partial charge in [-0.2, -0.15) is 0 Å². The third-order valence-electron chi connectivity index (χ3n) is 2.79. The van der Waals surface area contributed by atoms with Crippen molar-refractivity contribution in [2.24, 2.45) is 0 Å².